The van der Waals surface area contributed by atoms with Crippen molar-refractivity contribution < 1.29 is 0 Å². The Balaban J connectivity index is 3.55. The lowest BCUT2D eigenvalue weighted by atomic mass is 10.1. The van der Waals surface area contributed by atoms with Gasteiger partial charge >= 0.3 is 0 Å². The van der Waals surface area contributed by atoms with Gasteiger partial charge in [-0.25, -0.2) is 0 Å². The van der Waals surface area contributed by atoms with E-state index >= 15 is 0 Å². The molecule has 2 N–H and O–H groups in total. The van der Waals surface area contributed by atoms with Gasteiger partial charge in [-0.1, -0.05) is 58.8 Å². The highest BCUT2D eigenvalue weighted by molar-refractivity contribution is 7.55. The van der Waals surface area contributed by atoms with Crippen LogP contribution in [0.5, 0.6) is 0 Å². The van der Waals surface area contributed by atoms with Crippen LogP contribution >= 0.6 is 8.07 Å². The average molecular weight is 288 g/mol. The summed E-state index contributed by atoms with van der Waals surface area (Å²) in [7, 11) is 2.14. The first kappa shape index (κ1) is 19.4. The Morgan fingerprint density at radius 1 is 0.684 bits per heavy atom. The highest BCUT2D eigenvalue weighted by Gasteiger charge is 2.06. The lowest BCUT2D eigenvalue weighted by molar-refractivity contribution is 0.625. The maximum Gasteiger partial charge on any atom is -0.0000647 e. The Kier molecular flexibility index (Phi) is 16.7. The Hall–Kier alpha value is 0.350. The van der Waals surface area contributed by atoms with E-state index < -0.39 is 0 Å². The molecule has 0 saturated carbocycles. The van der Waals surface area contributed by atoms with Gasteiger partial charge in [-0.15, -0.1) is 0 Å². The van der Waals surface area contributed by atoms with Crippen molar-refractivity contribution in [1.82, 2.24) is 10.4 Å². The van der Waals surface area contributed by atoms with Crippen molar-refractivity contribution in [2.75, 3.05) is 32.5 Å². The summed E-state index contributed by atoms with van der Waals surface area (Å²) >= 11 is 0. The minimum atomic E-state index is 0.0798. The Morgan fingerprint density at radius 2 is 1.32 bits per heavy atom. The zero-order valence-electron chi connectivity index (χ0n) is 13.6. The third-order valence-corrected chi connectivity index (χ3v) is 5.82. The predicted molar refractivity (Wildman–Crippen MR) is 91.5 cm³/mol. The van der Waals surface area contributed by atoms with Gasteiger partial charge in [0.1, 0.15) is 0 Å². The number of hydrogen-bond donors (Lipinski definition) is 2. The van der Waals surface area contributed by atoms with Gasteiger partial charge in [0.05, 0.1) is 0 Å². The van der Waals surface area contributed by atoms with Crippen molar-refractivity contribution in [3.63, 3.8) is 0 Å². The third kappa shape index (κ3) is 14.6. The molecule has 0 heterocycles. The van der Waals surface area contributed by atoms with Gasteiger partial charge in [0, 0.05) is 0 Å². The molecule has 116 valence electrons. The van der Waals surface area contributed by atoms with Crippen LogP contribution in [0.1, 0.15) is 71.6 Å². The van der Waals surface area contributed by atoms with Gasteiger partial charge in [-0.3, -0.25) is 5.09 Å². The summed E-state index contributed by atoms with van der Waals surface area (Å²) in [5.41, 5.74) is 0. The molecule has 1 atom stereocenters. The summed E-state index contributed by atoms with van der Waals surface area (Å²) in [4.78, 5) is 0. The molecule has 0 aliphatic rings. The van der Waals surface area contributed by atoms with E-state index in [2.05, 4.69) is 31.3 Å². The first-order valence-corrected chi connectivity index (χ1v) is 10.2. The molecule has 0 saturated heterocycles. The second-order valence-electron chi connectivity index (χ2n) is 5.47. The Labute approximate surface area is 123 Å². The summed E-state index contributed by atoms with van der Waals surface area (Å²) in [6, 6.07) is 0. The molecule has 0 rings (SSSR count). The molecule has 0 aromatic carbocycles. The van der Waals surface area contributed by atoms with Crippen molar-refractivity contribution >= 4 is 8.07 Å². The average Bonchev–Trinajstić information content (AvgIpc) is 2.43. The first-order chi connectivity index (χ1) is 9.35. The highest BCUT2D eigenvalue weighted by Crippen LogP contribution is 2.31. The lowest BCUT2D eigenvalue weighted by Gasteiger charge is -2.19. The smallest absolute Gasteiger partial charge is 0.0000647 e. The molecular formula is C16H37N2P. The molecule has 1 unspecified atom stereocenters. The van der Waals surface area contributed by atoms with Crippen LogP contribution in [0.25, 0.3) is 0 Å². The first-order valence-electron chi connectivity index (χ1n) is 8.48. The Morgan fingerprint density at radius 3 is 2.00 bits per heavy atom. The zero-order chi connectivity index (χ0) is 14.2. The molecule has 0 amide bonds. The maximum atomic E-state index is 3.82. The van der Waals surface area contributed by atoms with Crippen molar-refractivity contribution in [2.45, 2.75) is 71.6 Å². The minimum Gasteiger partial charge on any atom is -0.319 e. The van der Waals surface area contributed by atoms with Crippen LogP contribution in [0.2, 0.25) is 0 Å². The standard InChI is InChI=1S/C16H37N2P/c1-4-6-8-9-10-12-15-19(16-14-17-3)18-13-11-7-5-2/h17-18H,4-16H2,1-3H3. The van der Waals surface area contributed by atoms with E-state index in [1.54, 1.807) is 0 Å². The second kappa shape index (κ2) is 16.4. The monoisotopic (exact) mass is 288 g/mol. The van der Waals surface area contributed by atoms with Crippen molar-refractivity contribution in [3.8, 4) is 0 Å². The molecule has 2 nitrogen and oxygen atoms in total. The minimum absolute atomic E-state index is 0.0798. The van der Waals surface area contributed by atoms with E-state index in [4.69, 9.17) is 0 Å². The van der Waals surface area contributed by atoms with Crippen LogP contribution in [0, 0.1) is 0 Å². The van der Waals surface area contributed by atoms with Crippen LogP contribution in [-0.2, 0) is 0 Å². The third-order valence-electron chi connectivity index (χ3n) is 3.53. The van der Waals surface area contributed by atoms with Crippen molar-refractivity contribution in [3.05, 3.63) is 0 Å². The van der Waals surface area contributed by atoms with Crippen LogP contribution in [0.15, 0.2) is 0 Å². The number of rotatable bonds is 15. The second-order valence-corrected chi connectivity index (χ2v) is 7.76. The van der Waals surface area contributed by atoms with E-state index in [1.165, 1.54) is 83.2 Å². The lowest BCUT2D eigenvalue weighted by Crippen LogP contribution is -2.19. The summed E-state index contributed by atoms with van der Waals surface area (Å²) in [6.07, 6.45) is 15.3. The molecule has 0 aromatic rings. The largest absolute Gasteiger partial charge is 0.319 e. The van der Waals surface area contributed by atoms with E-state index in [1.807, 2.05) is 0 Å². The summed E-state index contributed by atoms with van der Waals surface area (Å²) in [5, 5.41) is 7.11. The van der Waals surface area contributed by atoms with Gasteiger partial charge in [0.15, 0.2) is 0 Å². The van der Waals surface area contributed by atoms with Gasteiger partial charge in [0.25, 0.3) is 0 Å². The molecular weight excluding hydrogens is 251 g/mol. The fourth-order valence-electron chi connectivity index (χ4n) is 2.21. The van der Waals surface area contributed by atoms with Gasteiger partial charge in [0.2, 0.25) is 0 Å². The van der Waals surface area contributed by atoms with Crippen LogP contribution < -0.4 is 10.4 Å². The predicted octanol–water partition coefficient (Wildman–Crippen LogP) is 4.74. The topological polar surface area (TPSA) is 24.1 Å². The molecule has 3 heteroatoms. The molecule has 0 spiro atoms. The van der Waals surface area contributed by atoms with Crippen LogP contribution in [0.4, 0.5) is 0 Å². The van der Waals surface area contributed by atoms with E-state index in [-0.39, 0.29) is 8.07 Å². The molecule has 0 aliphatic carbocycles. The fourth-order valence-corrected chi connectivity index (χ4v) is 4.32. The van der Waals surface area contributed by atoms with Gasteiger partial charge in [-0.2, -0.15) is 0 Å². The van der Waals surface area contributed by atoms with E-state index in [0.29, 0.717) is 0 Å². The molecule has 0 fully saturated rings. The molecule has 0 aliphatic heterocycles. The van der Waals surface area contributed by atoms with E-state index in [0.717, 1.165) is 0 Å². The molecule has 0 radical (unpaired) electrons. The molecule has 19 heavy (non-hydrogen) atoms. The number of unbranched alkanes of at least 4 members (excludes halogenated alkanes) is 7. The quantitative estimate of drug-likeness (QED) is 0.336. The fraction of sp³-hybridized carbons (Fsp3) is 1.00. The number of hydrogen-bond acceptors (Lipinski definition) is 2. The normalized spacial score (nSPS) is 12.8. The van der Waals surface area contributed by atoms with E-state index in [9.17, 15) is 0 Å². The van der Waals surface area contributed by atoms with Crippen LogP contribution in [0.3, 0.4) is 0 Å². The van der Waals surface area contributed by atoms with Gasteiger partial charge in [-0.05, 0) is 53.4 Å². The molecule has 0 bridgehead atoms. The van der Waals surface area contributed by atoms with Crippen molar-refractivity contribution in [2.24, 2.45) is 0 Å². The highest BCUT2D eigenvalue weighted by atomic mass is 31.1. The Bertz CT molecular complexity index is 165. The van der Waals surface area contributed by atoms with Crippen molar-refractivity contribution in [1.29, 1.82) is 0 Å². The maximum absolute atomic E-state index is 3.82. The van der Waals surface area contributed by atoms with Crippen LogP contribution in [-0.4, -0.2) is 32.5 Å². The summed E-state index contributed by atoms with van der Waals surface area (Å²) < 4.78 is 0. The zero-order valence-corrected chi connectivity index (χ0v) is 14.5. The SMILES string of the molecule is CCCCCCCCP(CCNC)NCCCCC. The van der Waals surface area contributed by atoms with Gasteiger partial charge < -0.3 is 5.32 Å². The number of nitrogens with one attached hydrogen (secondary N) is 2. The molecule has 0 aromatic heterocycles. The summed E-state index contributed by atoms with van der Waals surface area (Å²) in [5.74, 6) is 0. The summed E-state index contributed by atoms with van der Waals surface area (Å²) in [6.45, 7) is 6.97.